The molecule has 5 heteroatoms. The molecule has 2 rings (SSSR count). The summed E-state index contributed by atoms with van der Waals surface area (Å²) in [6.07, 6.45) is 0.756. The molecule has 0 aliphatic carbocycles. The van der Waals surface area contributed by atoms with Crippen molar-refractivity contribution in [2.75, 3.05) is 59.0 Å². The predicted octanol–water partition coefficient (Wildman–Crippen LogP) is -1.09. The highest BCUT2D eigenvalue weighted by atomic mass is 16.3. The van der Waals surface area contributed by atoms with Crippen LogP contribution in [0.25, 0.3) is 0 Å². The third-order valence-electron chi connectivity index (χ3n) is 4.02. The first-order valence-electron chi connectivity index (χ1n) is 6.78. The second-order valence-electron chi connectivity index (χ2n) is 4.94. The maximum absolute atomic E-state index is 9.29. The van der Waals surface area contributed by atoms with E-state index >= 15 is 0 Å². The molecule has 1 atom stereocenters. The molecule has 0 amide bonds. The number of piperazine rings is 2. The molecule has 2 heterocycles. The van der Waals surface area contributed by atoms with Gasteiger partial charge < -0.3 is 15.3 Å². The Bertz CT molecular complexity index is 217. The van der Waals surface area contributed by atoms with Crippen LogP contribution in [0.5, 0.6) is 0 Å². The topological polar surface area (TPSA) is 52.8 Å². The maximum Gasteiger partial charge on any atom is 0.102 e. The van der Waals surface area contributed by atoms with Gasteiger partial charge in [-0.25, -0.2) is 5.32 Å². The lowest BCUT2D eigenvalue weighted by atomic mass is 10.0. The molecule has 17 heavy (non-hydrogen) atoms. The van der Waals surface area contributed by atoms with Crippen molar-refractivity contribution in [1.29, 1.82) is 0 Å². The van der Waals surface area contributed by atoms with Crippen molar-refractivity contribution >= 4 is 0 Å². The van der Waals surface area contributed by atoms with Crippen LogP contribution < -0.4 is 10.6 Å². The van der Waals surface area contributed by atoms with Gasteiger partial charge in [-0.1, -0.05) is 6.92 Å². The molecule has 0 aromatic heterocycles. The van der Waals surface area contributed by atoms with E-state index in [1.54, 1.807) is 0 Å². The Morgan fingerprint density at radius 1 is 1.29 bits per heavy atom. The van der Waals surface area contributed by atoms with Gasteiger partial charge in [0.05, 0.1) is 0 Å². The standard InChI is InChI=1S/C12H25N4O/c1-2-15-6-8-16(9-7-15)12(3-10-17)11-13-4-5-14-12/h13,17H,2-11H2,1H3. The molecule has 2 N–H and O–H groups in total. The normalized spacial score (nSPS) is 32.8. The van der Waals surface area contributed by atoms with Crippen molar-refractivity contribution < 1.29 is 5.11 Å². The molecule has 0 aromatic carbocycles. The summed E-state index contributed by atoms with van der Waals surface area (Å²) in [6, 6.07) is 0. The second-order valence-corrected chi connectivity index (χ2v) is 4.94. The molecular weight excluding hydrogens is 216 g/mol. The molecule has 2 saturated heterocycles. The van der Waals surface area contributed by atoms with Crippen LogP contribution in [0.1, 0.15) is 13.3 Å². The second kappa shape index (κ2) is 6.11. The van der Waals surface area contributed by atoms with Gasteiger partial charge in [-0.3, -0.25) is 4.90 Å². The van der Waals surface area contributed by atoms with Crippen LogP contribution >= 0.6 is 0 Å². The predicted molar refractivity (Wildman–Crippen MR) is 68.0 cm³/mol. The average Bonchev–Trinajstić information content (AvgIpc) is 2.40. The molecule has 0 bridgehead atoms. The minimum atomic E-state index is -0.146. The Morgan fingerprint density at radius 3 is 2.59 bits per heavy atom. The summed E-state index contributed by atoms with van der Waals surface area (Å²) in [5.74, 6) is 0. The van der Waals surface area contributed by atoms with Crippen LogP contribution in [-0.2, 0) is 0 Å². The van der Waals surface area contributed by atoms with Gasteiger partial charge in [-0.15, -0.1) is 0 Å². The smallest absolute Gasteiger partial charge is 0.102 e. The van der Waals surface area contributed by atoms with Crippen molar-refractivity contribution in [1.82, 2.24) is 20.4 Å². The Kier molecular flexibility index (Phi) is 4.76. The number of hydrogen-bond donors (Lipinski definition) is 2. The molecule has 2 aliphatic heterocycles. The molecule has 2 aliphatic rings. The fourth-order valence-electron chi connectivity index (χ4n) is 2.88. The first kappa shape index (κ1) is 13.2. The summed E-state index contributed by atoms with van der Waals surface area (Å²) >= 11 is 0. The zero-order valence-corrected chi connectivity index (χ0v) is 10.9. The van der Waals surface area contributed by atoms with E-state index in [2.05, 4.69) is 22.0 Å². The highest BCUT2D eigenvalue weighted by Crippen LogP contribution is 2.21. The minimum absolute atomic E-state index is 0.146. The largest absolute Gasteiger partial charge is 0.396 e. The highest BCUT2D eigenvalue weighted by Gasteiger charge is 2.39. The highest BCUT2D eigenvalue weighted by molar-refractivity contribution is 4.94. The number of nitrogens with one attached hydrogen (secondary N) is 1. The van der Waals surface area contributed by atoms with E-state index in [4.69, 9.17) is 5.32 Å². The molecule has 0 spiro atoms. The summed E-state index contributed by atoms with van der Waals surface area (Å²) in [4.78, 5) is 4.93. The zero-order valence-electron chi connectivity index (χ0n) is 10.9. The van der Waals surface area contributed by atoms with Crippen LogP contribution in [-0.4, -0.2) is 79.5 Å². The van der Waals surface area contributed by atoms with Crippen LogP contribution in [0.15, 0.2) is 0 Å². The van der Waals surface area contributed by atoms with E-state index in [0.717, 1.165) is 58.8 Å². The number of hydrogen-bond acceptors (Lipinski definition) is 4. The number of likely N-dealkylation sites (N-methyl/N-ethyl adjacent to an activating group) is 1. The lowest BCUT2D eigenvalue weighted by Gasteiger charge is -2.49. The summed E-state index contributed by atoms with van der Waals surface area (Å²) in [5.41, 5.74) is -0.146. The van der Waals surface area contributed by atoms with E-state index < -0.39 is 0 Å². The Balaban J connectivity index is 1.96. The molecule has 1 unspecified atom stereocenters. The maximum atomic E-state index is 9.29. The van der Waals surface area contributed by atoms with Gasteiger partial charge in [0.2, 0.25) is 0 Å². The van der Waals surface area contributed by atoms with Crippen molar-refractivity contribution in [3.05, 3.63) is 0 Å². The third kappa shape index (κ3) is 2.98. The van der Waals surface area contributed by atoms with Crippen LogP contribution in [0, 0.1) is 0 Å². The lowest BCUT2D eigenvalue weighted by Crippen LogP contribution is -2.68. The zero-order chi connectivity index (χ0) is 12.1. The van der Waals surface area contributed by atoms with E-state index in [1.165, 1.54) is 0 Å². The molecule has 5 nitrogen and oxygen atoms in total. The fraction of sp³-hybridized carbons (Fsp3) is 1.00. The Morgan fingerprint density at radius 2 is 2.06 bits per heavy atom. The summed E-state index contributed by atoms with van der Waals surface area (Å²) in [7, 11) is 0. The third-order valence-corrected chi connectivity index (χ3v) is 4.02. The SMILES string of the molecule is CCN1CCN(C2(CCO)CNCC[N]2)CC1. The molecule has 99 valence electrons. The van der Waals surface area contributed by atoms with Crippen LogP contribution in [0.4, 0.5) is 0 Å². The monoisotopic (exact) mass is 241 g/mol. The number of nitrogens with zero attached hydrogens (tertiary/aromatic N) is 3. The summed E-state index contributed by atoms with van der Waals surface area (Å²) < 4.78 is 0. The van der Waals surface area contributed by atoms with Crippen molar-refractivity contribution in [2.24, 2.45) is 0 Å². The number of rotatable bonds is 4. The van der Waals surface area contributed by atoms with E-state index in [0.29, 0.717) is 0 Å². The molecule has 0 saturated carbocycles. The van der Waals surface area contributed by atoms with Gasteiger partial charge >= 0.3 is 0 Å². The number of aliphatic hydroxyl groups is 1. The van der Waals surface area contributed by atoms with Crippen molar-refractivity contribution in [3.8, 4) is 0 Å². The molecular formula is C12H25N4O. The molecule has 0 aromatic rings. The quantitative estimate of drug-likeness (QED) is 0.657. The average molecular weight is 241 g/mol. The van der Waals surface area contributed by atoms with Crippen molar-refractivity contribution in [3.63, 3.8) is 0 Å². The van der Waals surface area contributed by atoms with E-state index in [1.807, 2.05) is 0 Å². The van der Waals surface area contributed by atoms with Gasteiger partial charge in [-0.2, -0.15) is 0 Å². The van der Waals surface area contributed by atoms with E-state index in [9.17, 15) is 5.11 Å². The first-order chi connectivity index (χ1) is 8.30. The first-order valence-corrected chi connectivity index (χ1v) is 6.78. The molecule has 1 radical (unpaired) electrons. The summed E-state index contributed by atoms with van der Waals surface area (Å²) in [6.45, 7) is 10.7. The van der Waals surface area contributed by atoms with Gasteiger partial charge in [0.25, 0.3) is 0 Å². The van der Waals surface area contributed by atoms with Gasteiger partial charge in [0.15, 0.2) is 0 Å². The van der Waals surface area contributed by atoms with Gasteiger partial charge in [0, 0.05) is 58.8 Å². The lowest BCUT2D eigenvalue weighted by molar-refractivity contribution is -0.0159. The van der Waals surface area contributed by atoms with E-state index in [-0.39, 0.29) is 12.3 Å². The van der Waals surface area contributed by atoms with Crippen LogP contribution in [0.2, 0.25) is 0 Å². The Hall–Kier alpha value is -0.200. The molecule has 2 fully saturated rings. The minimum Gasteiger partial charge on any atom is -0.396 e. The Labute approximate surface area is 104 Å². The number of aliphatic hydroxyl groups excluding tert-OH is 1. The van der Waals surface area contributed by atoms with Gasteiger partial charge in [-0.05, 0) is 6.54 Å². The van der Waals surface area contributed by atoms with Crippen molar-refractivity contribution in [2.45, 2.75) is 19.0 Å². The fourth-order valence-corrected chi connectivity index (χ4v) is 2.88. The summed E-state index contributed by atoms with van der Waals surface area (Å²) in [5, 5.41) is 17.5. The van der Waals surface area contributed by atoms with Gasteiger partial charge in [0.1, 0.15) is 5.66 Å². The van der Waals surface area contributed by atoms with Crippen LogP contribution in [0.3, 0.4) is 0 Å².